The maximum atomic E-state index is 13.6. The monoisotopic (exact) mass is 280 g/mol. The first-order chi connectivity index (χ1) is 9.63. The molecule has 2 N–H and O–H groups in total. The van der Waals surface area contributed by atoms with Crippen LogP contribution >= 0.6 is 0 Å². The van der Waals surface area contributed by atoms with Crippen molar-refractivity contribution in [3.05, 3.63) is 35.1 Å². The van der Waals surface area contributed by atoms with Crippen LogP contribution in [0, 0.1) is 11.7 Å². The summed E-state index contributed by atoms with van der Waals surface area (Å²) in [6, 6.07) is 5.64. The van der Waals surface area contributed by atoms with Crippen molar-refractivity contribution in [1.82, 2.24) is 4.90 Å². The molecular weight excluding hydrogens is 255 g/mol. The molecule has 1 aliphatic rings. The van der Waals surface area contributed by atoms with E-state index in [1.807, 2.05) is 6.07 Å². The van der Waals surface area contributed by atoms with E-state index in [4.69, 9.17) is 10.5 Å². The molecule has 0 bridgehead atoms. The normalized spacial score (nSPS) is 16.6. The van der Waals surface area contributed by atoms with Gasteiger partial charge in [-0.1, -0.05) is 6.07 Å². The Kier molecular flexibility index (Phi) is 5.52. The third kappa shape index (κ3) is 4.27. The van der Waals surface area contributed by atoms with E-state index < -0.39 is 0 Å². The van der Waals surface area contributed by atoms with Crippen molar-refractivity contribution >= 4 is 0 Å². The number of methoxy groups -OCH3 is 1. The highest BCUT2D eigenvalue weighted by Gasteiger charge is 2.31. The highest BCUT2D eigenvalue weighted by atomic mass is 19.1. The van der Waals surface area contributed by atoms with Crippen molar-refractivity contribution in [2.24, 2.45) is 11.7 Å². The fraction of sp³-hybridized carbons (Fsp3) is 0.625. The van der Waals surface area contributed by atoms with Crippen LogP contribution in [0.3, 0.4) is 0 Å². The quantitative estimate of drug-likeness (QED) is 0.795. The van der Waals surface area contributed by atoms with E-state index in [-0.39, 0.29) is 5.82 Å². The topological polar surface area (TPSA) is 38.5 Å². The molecule has 1 saturated carbocycles. The Morgan fingerprint density at radius 3 is 2.65 bits per heavy atom. The largest absolute Gasteiger partial charge is 0.383 e. The van der Waals surface area contributed by atoms with Crippen molar-refractivity contribution in [3.63, 3.8) is 0 Å². The minimum absolute atomic E-state index is 0.200. The third-order valence-electron chi connectivity index (χ3n) is 4.10. The maximum Gasteiger partial charge on any atom is 0.123 e. The van der Waals surface area contributed by atoms with Gasteiger partial charge in [-0.3, -0.25) is 4.90 Å². The molecule has 2 rings (SSSR count). The highest BCUT2D eigenvalue weighted by molar-refractivity contribution is 5.24. The van der Waals surface area contributed by atoms with Gasteiger partial charge in [-0.25, -0.2) is 4.39 Å². The molecule has 0 radical (unpaired) electrons. The molecule has 20 heavy (non-hydrogen) atoms. The molecule has 0 heterocycles. The molecule has 0 spiro atoms. The SMILES string of the molecule is COCCN(Cc1cc(F)cc(CN)c1)C(C)C1CC1. The van der Waals surface area contributed by atoms with E-state index >= 15 is 0 Å². The van der Waals surface area contributed by atoms with Crippen molar-refractivity contribution in [1.29, 1.82) is 0 Å². The molecule has 1 aliphatic carbocycles. The molecule has 0 amide bonds. The highest BCUT2D eigenvalue weighted by Crippen LogP contribution is 2.35. The van der Waals surface area contributed by atoms with Gasteiger partial charge in [0.05, 0.1) is 6.61 Å². The lowest BCUT2D eigenvalue weighted by Gasteiger charge is -2.29. The number of benzene rings is 1. The summed E-state index contributed by atoms with van der Waals surface area (Å²) >= 11 is 0. The lowest BCUT2D eigenvalue weighted by Crippen LogP contribution is -2.36. The van der Waals surface area contributed by atoms with E-state index in [9.17, 15) is 4.39 Å². The Hall–Kier alpha value is -0.970. The molecule has 1 atom stereocenters. The van der Waals surface area contributed by atoms with Crippen LogP contribution in [0.4, 0.5) is 4.39 Å². The molecule has 112 valence electrons. The minimum Gasteiger partial charge on any atom is -0.383 e. The van der Waals surface area contributed by atoms with E-state index in [0.717, 1.165) is 30.1 Å². The molecule has 1 fully saturated rings. The molecule has 1 unspecified atom stereocenters. The Bertz CT molecular complexity index is 434. The van der Waals surface area contributed by atoms with E-state index in [0.29, 0.717) is 19.2 Å². The molecule has 4 heteroatoms. The van der Waals surface area contributed by atoms with Gasteiger partial charge >= 0.3 is 0 Å². The van der Waals surface area contributed by atoms with Crippen molar-refractivity contribution < 1.29 is 9.13 Å². The van der Waals surface area contributed by atoms with Gasteiger partial charge in [-0.2, -0.15) is 0 Å². The smallest absolute Gasteiger partial charge is 0.123 e. The summed E-state index contributed by atoms with van der Waals surface area (Å²) in [5.41, 5.74) is 7.46. The zero-order valence-corrected chi connectivity index (χ0v) is 12.4. The summed E-state index contributed by atoms with van der Waals surface area (Å²) in [5, 5.41) is 0. The molecule has 1 aromatic rings. The standard InChI is InChI=1S/C16H25FN2O/c1-12(15-3-4-15)19(5-6-20-2)11-14-7-13(10-18)8-16(17)9-14/h7-9,12,15H,3-6,10-11,18H2,1-2H3. The first-order valence-corrected chi connectivity index (χ1v) is 7.35. The van der Waals surface area contributed by atoms with E-state index in [2.05, 4.69) is 11.8 Å². The predicted molar refractivity (Wildman–Crippen MR) is 78.8 cm³/mol. The second-order valence-corrected chi connectivity index (χ2v) is 5.71. The van der Waals surface area contributed by atoms with Crippen LogP contribution in [0.2, 0.25) is 0 Å². The first-order valence-electron chi connectivity index (χ1n) is 7.35. The summed E-state index contributed by atoms with van der Waals surface area (Å²) in [6.07, 6.45) is 2.61. The fourth-order valence-corrected chi connectivity index (χ4v) is 2.67. The summed E-state index contributed by atoms with van der Waals surface area (Å²) in [6.45, 7) is 4.97. The lowest BCUT2D eigenvalue weighted by molar-refractivity contribution is 0.111. The molecule has 0 aromatic heterocycles. The Morgan fingerprint density at radius 2 is 2.05 bits per heavy atom. The van der Waals surface area contributed by atoms with Crippen molar-refractivity contribution in [2.45, 2.75) is 38.9 Å². The summed E-state index contributed by atoms with van der Waals surface area (Å²) < 4.78 is 18.8. The van der Waals surface area contributed by atoms with Gasteiger partial charge in [-0.15, -0.1) is 0 Å². The Balaban J connectivity index is 2.07. The zero-order valence-electron chi connectivity index (χ0n) is 12.4. The van der Waals surface area contributed by atoms with Crippen LogP contribution < -0.4 is 5.73 Å². The lowest BCUT2D eigenvalue weighted by atomic mass is 10.1. The fourth-order valence-electron chi connectivity index (χ4n) is 2.67. The predicted octanol–water partition coefficient (Wildman–Crippen LogP) is 2.53. The van der Waals surface area contributed by atoms with Gasteiger partial charge < -0.3 is 10.5 Å². The van der Waals surface area contributed by atoms with Crippen molar-refractivity contribution in [2.75, 3.05) is 20.3 Å². The molecule has 1 aromatic carbocycles. The molecular formula is C16H25FN2O. The summed E-state index contributed by atoms with van der Waals surface area (Å²) in [4.78, 5) is 2.39. The average molecular weight is 280 g/mol. The molecule has 0 aliphatic heterocycles. The number of halogens is 1. The first kappa shape index (κ1) is 15.4. The average Bonchev–Trinajstić information content (AvgIpc) is 3.26. The second kappa shape index (κ2) is 7.16. The number of ether oxygens (including phenoxy) is 1. The number of rotatable bonds is 8. The Labute approximate surface area is 120 Å². The van der Waals surface area contributed by atoms with Gasteiger partial charge in [0.1, 0.15) is 5.82 Å². The van der Waals surface area contributed by atoms with Gasteiger partial charge in [0.15, 0.2) is 0 Å². The van der Waals surface area contributed by atoms with Gasteiger partial charge in [0.2, 0.25) is 0 Å². The molecule has 0 saturated heterocycles. The number of hydrogen-bond acceptors (Lipinski definition) is 3. The molecule has 3 nitrogen and oxygen atoms in total. The van der Waals surface area contributed by atoms with Crippen LogP contribution in [-0.2, 0) is 17.8 Å². The maximum absolute atomic E-state index is 13.6. The van der Waals surface area contributed by atoms with Crippen LogP contribution in [0.25, 0.3) is 0 Å². The second-order valence-electron chi connectivity index (χ2n) is 5.71. The number of nitrogens with zero attached hydrogens (tertiary/aromatic N) is 1. The van der Waals surface area contributed by atoms with Crippen molar-refractivity contribution in [3.8, 4) is 0 Å². The zero-order chi connectivity index (χ0) is 14.5. The van der Waals surface area contributed by atoms with Gasteiger partial charge in [0, 0.05) is 32.8 Å². The Morgan fingerprint density at radius 1 is 1.35 bits per heavy atom. The number of nitrogens with two attached hydrogens (primary N) is 1. The van der Waals surface area contributed by atoms with Gasteiger partial charge in [-0.05, 0) is 48.9 Å². The van der Waals surface area contributed by atoms with Crippen LogP contribution in [0.15, 0.2) is 18.2 Å². The van der Waals surface area contributed by atoms with E-state index in [1.165, 1.54) is 18.9 Å². The minimum atomic E-state index is -0.200. The summed E-state index contributed by atoms with van der Waals surface area (Å²) in [5.74, 6) is 0.586. The summed E-state index contributed by atoms with van der Waals surface area (Å²) in [7, 11) is 1.72. The van der Waals surface area contributed by atoms with Crippen LogP contribution in [-0.4, -0.2) is 31.2 Å². The van der Waals surface area contributed by atoms with Crippen LogP contribution in [0.5, 0.6) is 0 Å². The van der Waals surface area contributed by atoms with Crippen LogP contribution in [0.1, 0.15) is 30.9 Å². The van der Waals surface area contributed by atoms with Gasteiger partial charge in [0.25, 0.3) is 0 Å². The third-order valence-corrected chi connectivity index (χ3v) is 4.10. The number of hydrogen-bond donors (Lipinski definition) is 1. The van der Waals surface area contributed by atoms with E-state index in [1.54, 1.807) is 13.2 Å².